The number of hydrogen-bond acceptors (Lipinski definition) is 6. The molecule has 1 heterocycles. The zero-order chi connectivity index (χ0) is 21.4. The first-order valence-corrected chi connectivity index (χ1v) is 11.7. The summed E-state index contributed by atoms with van der Waals surface area (Å²) in [4.78, 5) is 27.9. The SMILES string of the molecule is CCN(CC(=O)Nc1cccc(OC)c1)C(=O)c1ccc(CCNS(C)(=O)=O)s1. The largest absolute Gasteiger partial charge is 0.497 e. The second kappa shape index (κ2) is 10.4. The summed E-state index contributed by atoms with van der Waals surface area (Å²) in [5.74, 6) is 0.0888. The lowest BCUT2D eigenvalue weighted by molar-refractivity contribution is -0.116. The van der Waals surface area contributed by atoms with Crippen molar-refractivity contribution in [1.29, 1.82) is 0 Å². The number of carbonyl (C=O) groups excluding carboxylic acids is 2. The molecule has 2 amide bonds. The molecule has 0 atom stereocenters. The minimum Gasteiger partial charge on any atom is -0.497 e. The zero-order valence-electron chi connectivity index (χ0n) is 16.6. The van der Waals surface area contributed by atoms with E-state index < -0.39 is 10.0 Å². The maximum absolute atomic E-state index is 12.7. The van der Waals surface area contributed by atoms with Gasteiger partial charge in [-0.15, -0.1) is 11.3 Å². The summed E-state index contributed by atoms with van der Waals surface area (Å²) in [5, 5.41) is 2.76. The number of likely N-dealkylation sites (N-methyl/N-ethyl adjacent to an activating group) is 1. The predicted octanol–water partition coefficient (Wildman–Crippen LogP) is 1.95. The Morgan fingerprint density at radius 1 is 1.21 bits per heavy atom. The van der Waals surface area contributed by atoms with Gasteiger partial charge in [-0.25, -0.2) is 13.1 Å². The number of nitrogens with one attached hydrogen (secondary N) is 2. The van der Waals surface area contributed by atoms with E-state index in [1.165, 1.54) is 16.2 Å². The number of amides is 2. The summed E-state index contributed by atoms with van der Waals surface area (Å²) in [5.41, 5.74) is 0.592. The molecule has 0 radical (unpaired) electrons. The van der Waals surface area contributed by atoms with Crippen LogP contribution in [0.25, 0.3) is 0 Å². The molecule has 2 rings (SSSR count). The number of nitrogens with zero attached hydrogens (tertiary/aromatic N) is 1. The molecule has 2 aromatic rings. The molecule has 1 aromatic heterocycles. The minimum atomic E-state index is -3.24. The van der Waals surface area contributed by atoms with Gasteiger partial charge in [0, 0.05) is 29.7 Å². The Kier molecular flexibility index (Phi) is 8.18. The minimum absolute atomic E-state index is 0.0740. The van der Waals surface area contributed by atoms with Crippen LogP contribution in [0.5, 0.6) is 5.75 Å². The molecule has 0 spiro atoms. The van der Waals surface area contributed by atoms with Crippen molar-refractivity contribution >= 4 is 38.9 Å². The smallest absolute Gasteiger partial charge is 0.264 e. The van der Waals surface area contributed by atoms with E-state index in [0.717, 1.165) is 11.1 Å². The van der Waals surface area contributed by atoms with Crippen LogP contribution in [0, 0.1) is 0 Å². The van der Waals surface area contributed by atoms with Crippen molar-refractivity contribution in [2.24, 2.45) is 0 Å². The van der Waals surface area contributed by atoms with Crippen molar-refractivity contribution in [2.45, 2.75) is 13.3 Å². The maximum atomic E-state index is 12.7. The second-order valence-electron chi connectivity index (χ2n) is 6.28. The van der Waals surface area contributed by atoms with Crippen molar-refractivity contribution < 1.29 is 22.7 Å². The van der Waals surface area contributed by atoms with E-state index in [1.807, 2.05) is 0 Å². The summed E-state index contributed by atoms with van der Waals surface area (Å²) >= 11 is 1.30. The third-order valence-electron chi connectivity index (χ3n) is 3.96. The monoisotopic (exact) mass is 439 g/mol. The van der Waals surface area contributed by atoms with Crippen LogP contribution in [-0.4, -0.2) is 58.1 Å². The number of rotatable bonds is 10. The van der Waals surface area contributed by atoms with Crippen molar-refractivity contribution in [2.75, 3.05) is 38.3 Å². The summed E-state index contributed by atoms with van der Waals surface area (Å²) in [6.45, 7) is 2.39. The number of sulfonamides is 1. The summed E-state index contributed by atoms with van der Waals surface area (Å²) < 4.78 is 29.8. The van der Waals surface area contributed by atoms with E-state index in [4.69, 9.17) is 4.74 Å². The number of methoxy groups -OCH3 is 1. The van der Waals surface area contributed by atoms with Crippen LogP contribution >= 0.6 is 11.3 Å². The fourth-order valence-electron chi connectivity index (χ4n) is 2.54. The molecule has 0 unspecified atom stereocenters. The zero-order valence-corrected chi connectivity index (χ0v) is 18.2. The molecule has 0 bridgehead atoms. The Morgan fingerprint density at radius 3 is 2.62 bits per heavy atom. The Morgan fingerprint density at radius 2 is 1.97 bits per heavy atom. The van der Waals surface area contributed by atoms with E-state index in [1.54, 1.807) is 50.4 Å². The molecule has 8 nitrogen and oxygen atoms in total. The molecule has 0 saturated carbocycles. The van der Waals surface area contributed by atoms with Crippen molar-refractivity contribution in [1.82, 2.24) is 9.62 Å². The molecule has 0 aliphatic heterocycles. The topological polar surface area (TPSA) is 105 Å². The van der Waals surface area contributed by atoms with Crippen molar-refractivity contribution in [3.63, 3.8) is 0 Å². The normalized spacial score (nSPS) is 11.1. The van der Waals surface area contributed by atoms with Crippen LogP contribution in [0.1, 0.15) is 21.5 Å². The van der Waals surface area contributed by atoms with Gasteiger partial charge in [0.2, 0.25) is 15.9 Å². The van der Waals surface area contributed by atoms with Crippen LogP contribution < -0.4 is 14.8 Å². The average molecular weight is 440 g/mol. The lowest BCUT2D eigenvalue weighted by Gasteiger charge is -2.19. The number of carbonyl (C=O) groups is 2. The molecule has 158 valence electrons. The highest BCUT2D eigenvalue weighted by Crippen LogP contribution is 2.20. The molecule has 0 fully saturated rings. The molecule has 29 heavy (non-hydrogen) atoms. The first-order chi connectivity index (χ1) is 13.7. The molecule has 0 aliphatic rings. The van der Waals surface area contributed by atoms with E-state index in [0.29, 0.717) is 29.3 Å². The highest BCUT2D eigenvalue weighted by molar-refractivity contribution is 7.88. The molecular formula is C19H25N3O5S2. The molecule has 0 saturated heterocycles. The summed E-state index contributed by atoms with van der Waals surface area (Å²) in [7, 11) is -1.69. The summed E-state index contributed by atoms with van der Waals surface area (Å²) in [6, 6.07) is 10.5. The lowest BCUT2D eigenvalue weighted by Crippen LogP contribution is -2.37. The van der Waals surface area contributed by atoms with Gasteiger partial charge in [0.15, 0.2) is 0 Å². The highest BCUT2D eigenvalue weighted by atomic mass is 32.2. The Balaban J connectivity index is 1.94. The molecule has 0 aliphatic carbocycles. The van der Waals surface area contributed by atoms with Gasteiger partial charge in [0.05, 0.1) is 18.2 Å². The van der Waals surface area contributed by atoms with Crippen LogP contribution in [-0.2, 0) is 21.2 Å². The first kappa shape index (κ1) is 22.9. The van der Waals surface area contributed by atoms with Crippen LogP contribution in [0.3, 0.4) is 0 Å². The molecule has 10 heteroatoms. The Hall–Kier alpha value is -2.43. The maximum Gasteiger partial charge on any atom is 0.264 e. The van der Waals surface area contributed by atoms with Gasteiger partial charge in [-0.1, -0.05) is 6.07 Å². The fraction of sp³-hybridized carbons (Fsp3) is 0.368. The number of benzene rings is 1. The van der Waals surface area contributed by atoms with Crippen LogP contribution in [0.2, 0.25) is 0 Å². The number of ether oxygens (including phenoxy) is 1. The van der Waals surface area contributed by atoms with Gasteiger partial charge >= 0.3 is 0 Å². The van der Waals surface area contributed by atoms with Crippen molar-refractivity contribution in [3.8, 4) is 5.75 Å². The van der Waals surface area contributed by atoms with Gasteiger partial charge in [-0.3, -0.25) is 9.59 Å². The van der Waals surface area contributed by atoms with Gasteiger partial charge < -0.3 is 15.0 Å². The second-order valence-corrected chi connectivity index (χ2v) is 9.28. The van der Waals surface area contributed by atoms with Crippen molar-refractivity contribution in [3.05, 3.63) is 46.2 Å². The quantitative estimate of drug-likeness (QED) is 0.589. The van der Waals surface area contributed by atoms with Gasteiger partial charge in [-0.05, 0) is 37.6 Å². The third-order valence-corrected chi connectivity index (χ3v) is 5.83. The number of thiophene rings is 1. The number of anilines is 1. The van der Waals surface area contributed by atoms with Crippen LogP contribution in [0.15, 0.2) is 36.4 Å². The van der Waals surface area contributed by atoms with E-state index in [2.05, 4.69) is 10.0 Å². The van der Waals surface area contributed by atoms with E-state index in [-0.39, 0.29) is 24.9 Å². The standard InChI is InChI=1S/C19H25N3O5S2/c1-4-22(13-18(23)21-14-6-5-7-15(12-14)27-2)19(24)17-9-8-16(28-17)10-11-20-29(3,25)26/h5-9,12,20H,4,10-11,13H2,1-3H3,(H,21,23). The first-order valence-electron chi connectivity index (χ1n) is 8.98. The molecule has 1 aromatic carbocycles. The Labute approximate surface area is 174 Å². The predicted molar refractivity (Wildman–Crippen MR) is 114 cm³/mol. The van der Waals surface area contributed by atoms with Gasteiger partial charge in [-0.2, -0.15) is 0 Å². The van der Waals surface area contributed by atoms with Gasteiger partial charge in [0.1, 0.15) is 12.3 Å². The summed E-state index contributed by atoms with van der Waals surface area (Å²) in [6.07, 6.45) is 1.60. The molecule has 2 N–H and O–H groups in total. The average Bonchev–Trinajstić information content (AvgIpc) is 3.13. The highest BCUT2D eigenvalue weighted by Gasteiger charge is 2.19. The number of hydrogen-bond donors (Lipinski definition) is 2. The van der Waals surface area contributed by atoms with E-state index in [9.17, 15) is 18.0 Å². The lowest BCUT2D eigenvalue weighted by atomic mass is 10.3. The molecular weight excluding hydrogens is 414 g/mol. The van der Waals surface area contributed by atoms with Crippen LogP contribution in [0.4, 0.5) is 5.69 Å². The Bertz CT molecular complexity index is 956. The van der Waals surface area contributed by atoms with E-state index >= 15 is 0 Å². The third kappa shape index (κ3) is 7.48. The van der Waals surface area contributed by atoms with Gasteiger partial charge in [0.25, 0.3) is 5.91 Å². The fourth-order valence-corrected chi connectivity index (χ4v) is 3.99.